The fourth-order valence-electron chi connectivity index (χ4n) is 2.52. The van der Waals surface area contributed by atoms with Gasteiger partial charge in [-0.2, -0.15) is 0 Å². The SMILES string of the molecule is N=C1c2ccccc2CN1c1ccc2ncsc2c1. The average molecular weight is 265 g/mol. The number of anilines is 1. The quantitative estimate of drug-likeness (QED) is 0.729. The summed E-state index contributed by atoms with van der Waals surface area (Å²) in [5.74, 6) is 0.583. The van der Waals surface area contributed by atoms with Gasteiger partial charge in [0, 0.05) is 11.3 Å². The van der Waals surface area contributed by atoms with E-state index in [0.29, 0.717) is 5.84 Å². The van der Waals surface area contributed by atoms with Crippen LogP contribution < -0.4 is 4.90 Å². The second-order valence-corrected chi connectivity index (χ2v) is 5.48. The lowest BCUT2D eigenvalue weighted by Crippen LogP contribution is -2.22. The topological polar surface area (TPSA) is 40.0 Å². The normalized spacial score (nSPS) is 14.1. The standard InChI is InChI=1S/C15H11N3S/c16-15-12-4-2-1-3-10(12)8-18(15)11-5-6-13-14(7-11)19-9-17-13/h1-7,9,16H,8H2. The first-order valence-electron chi connectivity index (χ1n) is 6.10. The molecular formula is C15H11N3S. The summed E-state index contributed by atoms with van der Waals surface area (Å²) in [5.41, 5.74) is 6.21. The van der Waals surface area contributed by atoms with Crippen LogP contribution in [0.25, 0.3) is 10.2 Å². The van der Waals surface area contributed by atoms with Gasteiger partial charge in [0.05, 0.1) is 22.3 Å². The van der Waals surface area contributed by atoms with Gasteiger partial charge < -0.3 is 4.90 Å². The number of hydrogen-bond donors (Lipinski definition) is 1. The number of benzene rings is 2. The van der Waals surface area contributed by atoms with Crippen LogP contribution in [0.1, 0.15) is 11.1 Å². The smallest absolute Gasteiger partial charge is 0.133 e. The van der Waals surface area contributed by atoms with E-state index in [2.05, 4.69) is 17.1 Å². The Morgan fingerprint density at radius 3 is 2.95 bits per heavy atom. The van der Waals surface area contributed by atoms with Gasteiger partial charge in [-0.05, 0) is 23.8 Å². The van der Waals surface area contributed by atoms with Crippen molar-refractivity contribution in [1.82, 2.24) is 4.98 Å². The van der Waals surface area contributed by atoms with Gasteiger partial charge in [0.1, 0.15) is 5.84 Å². The Balaban J connectivity index is 1.80. The van der Waals surface area contributed by atoms with Crippen molar-refractivity contribution in [3.8, 4) is 0 Å². The molecule has 19 heavy (non-hydrogen) atoms. The van der Waals surface area contributed by atoms with Crippen molar-refractivity contribution < 1.29 is 0 Å². The molecule has 0 radical (unpaired) electrons. The Hall–Kier alpha value is -2.20. The van der Waals surface area contributed by atoms with Crippen LogP contribution in [-0.2, 0) is 6.54 Å². The molecule has 2 heterocycles. The lowest BCUT2D eigenvalue weighted by molar-refractivity contribution is 1.05. The van der Waals surface area contributed by atoms with Crippen molar-refractivity contribution in [1.29, 1.82) is 5.41 Å². The number of amidine groups is 1. The first kappa shape index (κ1) is 10.7. The molecule has 2 aromatic carbocycles. The second-order valence-electron chi connectivity index (χ2n) is 4.60. The van der Waals surface area contributed by atoms with Gasteiger partial charge in [-0.25, -0.2) is 4.98 Å². The van der Waals surface area contributed by atoms with Gasteiger partial charge in [0.2, 0.25) is 0 Å². The molecule has 3 aromatic rings. The van der Waals surface area contributed by atoms with Gasteiger partial charge >= 0.3 is 0 Å². The molecule has 4 rings (SSSR count). The zero-order chi connectivity index (χ0) is 12.8. The molecule has 1 aromatic heterocycles. The Bertz CT molecular complexity index is 791. The molecule has 0 amide bonds. The molecule has 0 bridgehead atoms. The summed E-state index contributed by atoms with van der Waals surface area (Å²) in [6.07, 6.45) is 0. The third kappa shape index (κ3) is 1.57. The van der Waals surface area contributed by atoms with E-state index in [4.69, 9.17) is 5.41 Å². The van der Waals surface area contributed by atoms with Crippen LogP contribution in [0, 0.1) is 5.41 Å². The molecule has 0 saturated heterocycles. The molecule has 4 heteroatoms. The first-order chi connectivity index (χ1) is 9.33. The minimum atomic E-state index is 0.583. The van der Waals surface area contributed by atoms with Crippen molar-refractivity contribution in [3.05, 3.63) is 59.1 Å². The molecule has 0 spiro atoms. The van der Waals surface area contributed by atoms with Crippen LogP contribution >= 0.6 is 11.3 Å². The van der Waals surface area contributed by atoms with Gasteiger partial charge in [0.25, 0.3) is 0 Å². The summed E-state index contributed by atoms with van der Waals surface area (Å²) in [5, 5.41) is 8.31. The van der Waals surface area contributed by atoms with E-state index in [0.717, 1.165) is 23.3 Å². The van der Waals surface area contributed by atoms with Gasteiger partial charge in [-0.3, -0.25) is 5.41 Å². The van der Waals surface area contributed by atoms with Crippen molar-refractivity contribution in [2.24, 2.45) is 0 Å². The maximum atomic E-state index is 8.31. The number of nitrogens with one attached hydrogen (secondary N) is 1. The summed E-state index contributed by atoms with van der Waals surface area (Å²) in [7, 11) is 0. The lowest BCUT2D eigenvalue weighted by atomic mass is 10.1. The van der Waals surface area contributed by atoms with E-state index in [1.807, 2.05) is 40.7 Å². The van der Waals surface area contributed by atoms with Crippen LogP contribution in [0.2, 0.25) is 0 Å². The van der Waals surface area contributed by atoms with E-state index >= 15 is 0 Å². The molecule has 0 fully saturated rings. The third-order valence-electron chi connectivity index (χ3n) is 3.50. The van der Waals surface area contributed by atoms with Gasteiger partial charge in [-0.1, -0.05) is 24.3 Å². The molecule has 92 valence electrons. The number of fused-ring (bicyclic) bond motifs is 2. The molecule has 0 aliphatic carbocycles. The van der Waals surface area contributed by atoms with E-state index in [9.17, 15) is 0 Å². The number of aromatic nitrogens is 1. The highest BCUT2D eigenvalue weighted by molar-refractivity contribution is 7.16. The van der Waals surface area contributed by atoms with E-state index < -0.39 is 0 Å². The van der Waals surface area contributed by atoms with Crippen LogP contribution in [-0.4, -0.2) is 10.8 Å². The Kier molecular flexibility index (Phi) is 2.19. The van der Waals surface area contributed by atoms with Crippen molar-refractivity contribution >= 4 is 33.1 Å². The van der Waals surface area contributed by atoms with Gasteiger partial charge in [-0.15, -0.1) is 11.3 Å². The summed E-state index contributed by atoms with van der Waals surface area (Å²) in [6.45, 7) is 0.777. The number of hydrogen-bond acceptors (Lipinski definition) is 3. The van der Waals surface area contributed by atoms with E-state index in [1.165, 1.54) is 10.3 Å². The third-order valence-corrected chi connectivity index (χ3v) is 4.29. The van der Waals surface area contributed by atoms with Crippen LogP contribution in [0.5, 0.6) is 0 Å². The second kappa shape index (κ2) is 3.90. The highest BCUT2D eigenvalue weighted by Gasteiger charge is 2.24. The summed E-state index contributed by atoms with van der Waals surface area (Å²) in [6, 6.07) is 14.3. The Labute approximate surface area is 114 Å². The Morgan fingerprint density at radius 1 is 1.16 bits per heavy atom. The highest BCUT2D eigenvalue weighted by Crippen LogP contribution is 2.31. The molecule has 1 N–H and O–H groups in total. The van der Waals surface area contributed by atoms with E-state index in [-0.39, 0.29) is 0 Å². The molecule has 0 unspecified atom stereocenters. The largest absolute Gasteiger partial charge is 0.322 e. The molecule has 0 saturated carbocycles. The van der Waals surface area contributed by atoms with Crippen molar-refractivity contribution in [2.75, 3.05) is 4.90 Å². The van der Waals surface area contributed by atoms with E-state index in [1.54, 1.807) is 11.3 Å². The summed E-state index contributed by atoms with van der Waals surface area (Å²) in [4.78, 5) is 6.34. The molecule has 3 nitrogen and oxygen atoms in total. The van der Waals surface area contributed by atoms with Crippen LogP contribution in [0.3, 0.4) is 0 Å². The number of nitrogens with zero attached hydrogens (tertiary/aromatic N) is 2. The van der Waals surface area contributed by atoms with Crippen molar-refractivity contribution in [2.45, 2.75) is 6.54 Å². The predicted molar refractivity (Wildman–Crippen MR) is 79.1 cm³/mol. The highest BCUT2D eigenvalue weighted by atomic mass is 32.1. The minimum Gasteiger partial charge on any atom is -0.322 e. The lowest BCUT2D eigenvalue weighted by Gasteiger charge is -2.17. The summed E-state index contributed by atoms with van der Waals surface area (Å²) >= 11 is 1.64. The predicted octanol–water partition coefficient (Wildman–Crippen LogP) is 3.64. The van der Waals surface area contributed by atoms with Crippen molar-refractivity contribution in [3.63, 3.8) is 0 Å². The number of thiazole rings is 1. The van der Waals surface area contributed by atoms with Crippen LogP contribution in [0.4, 0.5) is 5.69 Å². The van der Waals surface area contributed by atoms with Crippen LogP contribution in [0.15, 0.2) is 48.0 Å². The maximum Gasteiger partial charge on any atom is 0.133 e. The molecular weight excluding hydrogens is 254 g/mol. The maximum absolute atomic E-state index is 8.31. The zero-order valence-electron chi connectivity index (χ0n) is 10.1. The fraction of sp³-hybridized carbons (Fsp3) is 0.0667. The monoisotopic (exact) mass is 265 g/mol. The Morgan fingerprint density at radius 2 is 2.05 bits per heavy atom. The molecule has 1 aliphatic rings. The molecule has 1 aliphatic heterocycles. The van der Waals surface area contributed by atoms with Gasteiger partial charge in [0.15, 0.2) is 0 Å². The zero-order valence-corrected chi connectivity index (χ0v) is 10.9. The molecule has 0 atom stereocenters. The first-order valence-corrected chi connectivity index (χ1v) is 6.98. The summed E-state index contributed by atoms with van der Waals surface area (Å²) < 4.78 is 1.17. The fourth-order valence-corrected chi connectivity index (χ4v) is 3.23. The minimum absolute atomic E-state index is 0.583. The average Bonchev–Trinajstić information content (AvgIpc) is 3.03. The number of rotatable bonds is 1.